The van der Waals surface area contributed by atoms with Gasteiger partial charge in [-0.2, -0.15) is 0 Å². The van der Waals surface area contributed by atoms with Gasteiger partial charge in [0.15, 0.2) is 0 Å². The van der Waals surface area contributed by atoms with Crippen molar-refractivity contribution in [1.82, 2.24) is 4.98 Å². The van der Waals surface area contributed by atoms with Crippen LogP contribution in [0.1, 0.15) is 15.9 Å². The van der Waals surface area contributed by atoms with Gasteiger partial charge in [0.25, 0.3) is 0 Å². The lowest BCUT2D eigenvalue weighted by Crippen LogP contribution is -1.94. The number of alkyl halides is 1. The molecule has 3 rings (SSSR count). The van der Waals surface area contributed by atoms with Gasteiger partial charge in [-0.25, -0.2) is 4.98 Å². The summed E-state index contributed by atoms with van der Waals surface area (Å²) in [5.74, 6) is 0. The maximum atomic E-state index is 6.42. The number of halogens is 3. The molecule has 1 nitrogen and oxygen atoms in total. The van der Waals surface area contributed by atoms with E-state index in [1.165, 1.54) is 16.0 Å². The summed E-state index contributed by atoms with van der Waals surface area (Å²) in [7, 11) is 0. The number of nitrogens with zero attached hydrogens (tertiary/aromatic N) is 1. The van der Waals surface area contributed by atoms with Crippen LogP contribution >= 0.6 is 57.5 Å². The lowest BCUT2D eigenvalue weighted by Gasteiger charge is -2.05. The van der Waals surface area contributed by atoms with E-state index in [0.29, 0.717) is 15.1 Å². The zero-order valence-electron chi connectivity index (χ0n) is 9.57. The lowest BCUT2D eigenvalue weighted by atomic mass is 10.2. The maximum absolute atomic E-state index is 6.42. The molecule has 0 amide bonds. The van der Waals surface area contributed by atoms with Crippen LogP contribution in [0, 0.1) is 0 Å². The van der Waals surface area contributed by atoms with Crippen molar-refractivity contribution < 1.29 is 0 Å². The minimum Gasteiger partial charge on any atom is -0.241 e. The zero-order valence-corrected chi connectivity index (χ0v) is 13.5. The van der Waals surface area contributed by atoms with Gasteiger partial charge < -0.3 is 0 Å². The fourth-order valence-corrected chi connectivity index (χ4v) is 4.96. The predicted molar refractivity (Wildman–Crippen MR) is 86.3 cm³/mol. The lowest BCUT2D eigenvalue weighted by molar-refractivity contribution is 0.916. The first-order valence-corrected chi connectivity index (χ1v) is 8.39. The van der Waals surface area contributed by atoms with Crippen LogP contribution in [0.3, 0.4) is 0 Å². The molecule has 0 aliphatic rings. The molecule has 0 spiro atoms. The number of rotatable bonds is 3. The number of aromatic nitrogens is 1. The summed E-state index contributed by atoms with van der Waals surface area (Å²) in [4.78, 5) is 4.58. The standard InChI is InChI=1S/C13H8Cl3NS2/c14-8(7-5-11(15)19-13(7)16)6-12-17-9-3-1-2-4-10(9)18-12/h1-5,8H,6H2. The van der Waals surface area contributed by atoms with Gasteiger partial charge in [0.05, 0.1) is 29.3 Å². The van der Waals surface area contributed by atoms with Crippen LogP contribution in [0.4, 0.5) is 0 Å². The number of thiophene rings is 1. The first-order chi connectivity index (χ1) is 9.13. The summed E-state index contributed by atoms with van der Waals surface area (Å²) in [6.45, 7) is 0. The van der Waals surface area contributed by atoms with E-state index in [9.17, 15) is 0 Å². The van der Waals surface area contributed by atoms with Crippen LogP contribution in [0.15, 0.2) is 30.3 Å². The number of fused-ring (bicyclic) bond motifs is 1. The van der Waals surface area contributed by atoms with Gasteiger partial charge in [0.2, 0.25) is 0 Å². The van der Waals surface area contributed by atoms with E-state index in [-0.39, 0.29) is 5.38 Å². The fraction of sp³-hybridized carbons (Fsp3) is 0.154. The van der Waals surface area contributed by atoms with Crippen LogP contribution in [-0.2, 0) is 6.42 Å². The van der Waals surface area contributed by atoms with E-state index in [1.54, 1.807) is 11.3 Å². The molecule has 0 fully saturated rings. The van der Waals surface area contributed by atoms with Crippen molar-refractivity contribution >= 4 is 67.7 Å². The summed E-state index contributed by atoms with van der Waals surface area (Å²) in [6, 6.07) is 9.90. The number of para-hydroxylation sites is 1. The van der Waals surface area contributed by atoms with Gasteiger partial charge >= 0.3 is 0 Å². The molecule has 0 saturated carbocycles. The molecule has 98 valence electrons. The van der Waals surface area contributed by atoms with Crippen LogP contribution in [0.25, 0.3) is 10.2 Å². The van der Waals surface area contributed by atoms with E-state index in [1.807, 2.05) is 24.3 Å². The molecule has 1 aromatic carbocycles. The second-order valence-corrected chi connectivity index (χ2v) is 7.95. The maximum Gasteiger partial charge on any atom is 0.0991 e. The molecule has 0 aliphatic heterocycles. The molecule has 0 saturated heterocycles. The minimum atomic E-state index is -0.197. The summed E-state index contributed by atoms with van der Waals surface area (Å²) in [5, 5.41) is 0.816. The Hall–Kier alpha value is -0.320. The van der Waals surface area contributed by atoms with Gasteiger partial charge in [0.1, 0.15) is 0 Å². The Kier molecular flexibility index (Phi) is 4.01. The highest BCUT2D eigenvalue weighted by Gasteiger charge is 2.17. The van der Waals surface area contributed by atoms with Gasteiger partial charge in [-0.05, 0) is 18.2 Å². The van der Waals surface area contributed by atoms with Crippen molar-refractivity contribution in [3.63, 3.8) is 0 Å². The third-order valence-electron chi connectivity index (χ3n) is 2.71. The van der Waals surface area contributed by atoms with Crippen LogP contribution < -0.4 is 0 Å². The van der Waals surface area contributed by atoms with Gasteiger partial charge in [-0.1, -0.05) is 35.3 Å². The van der Waals surface area contributed by atoms with Gasteiger partial charge in [-0.15, -0.1) is 34.3 Å². The predicted octanol–water partition coefficient (Wildman–Crippen LogP) is 6.19. The van der Waals surface area contributed by atoms with Crippen molar-refractivity contribution in [2.45, 2.75) is 11.8 Å². The molecule has 2 aromatic heterocycles. The Bertz CT molecular complexity index is 687. The summed E-state index contributed by atoms with van der Waals surface area (Å²) in [6.07, 6.45) is 0.660. The second kappa shape index (κ2) is 5.58. The monoisotopic (exact) mass is 347 g/mol. The Labute approximate surface area is 133 Å². The second-order valence-electron chi connectivity index (χ2n) is 4.03. The highest BCUT2D eigenvalue weighted by Crippen LogP contribution is 2.39. The molecule has 1 unspecified atom stereocenters. The molecular weight excluding hydrogens is 341 g/mol. The quantitative estimate of drug-likeness (QED) is 0.514. The van der Waals surface area contributed by atoms with Crippen molar-refractivity contribution in [2.75, 3.05) is 0 Å². The summed E-state index contributed by atoms with van der Waals surface area (Å²) < 4.78 is 2.50. The topological polar surface area (TPSA) is 12.9 Å². The van der Waals surface area contributed by atoms with Gasteiger partial charge in [-0.3, -0.25) is 0 Å². The van der Waals surface area contributed by atoms with Crippen molar-refractivity contribution in [3.8, 4) is 0 Å². The Morgan fingerprint density at radius 1 is 1.16 bits per heavy atom. The highest BCUT2D eigenvalue weighted by molar-refractivity contribution is 7.20. The number of hydrogen-bond acceptors (Lipinski definition) is 3. The average Bonchev–Trinajstić information content (AvgIpc) is 2.91. The normalized spacial score (nSPS) is 13.0. The molecule has 1 atom stereocenters. The van der Waals surface area contributed by atoms with Crippen molar-refractivity contribution in [3.05, 3.63) is 49.6 Å². The number of hydrogen-bond donors (Lipinski definition) is 0. The van der Waals surface area contributed by atoms with E-state index in [2.05, 4.69) is 11.1 Å². The SMILES string of the molecule is Clc1cc(C(Cl)Cc2nc3ccccc3s2)c(Cl)s1. The first kappa shape index (κ1) is 13.7. The van der Waals surface area contributed by atoms with Crippen LogP contribution in [0.5, 0.6) is 0 Å². The fourth-order valence-electron chi connectivity index (χ4n) is 1.84. The van der Waals surface area contributed by atoms with E-state index >= 15 is 0 Å². The Balaban J connectivity index is 1.86. The zero-order chi connectivity index (χ0) is 13.4. The summed E-state index contributed by atoms with van der Waals surface area (Å²) in [5.41, 5.74) is 1.90. The van der Waals surface area contributed by atoms with Crippen LogP contribution in [-0.4, -0.2) is 4.98 Å². The van der Waals surface area contributed by atoms with E-state index in [4.69, 9.17) is 34.8 Å². The smallest absolute Gasteiger partial charge is 0.0991 e. The minimum absolute atomic E-state index is 0.197. The molecule has 19 heavy (non-hydrogen) atoms. The molecule has 6 heteroatoms. The average molecular weight is 349 g/mol. The third-order valence-corrected chi connectivity index (χ3v) is 5.68. The highest BCUT2D eigenvalue weighted by atomic mass is 35.5. The molecule has 2 heterocycles. The molecule has 0 N–H and O–H groups in total. The van der Waals surface area contributed by atoms with Crippen LogP contribution in [0.2, 0.25) is 8.67 Å². The Morgan fingerprint density at radius 3 is 2.63 bits per heavy atom. The molecular formula is C13H8Cl3NS2. The Morgan fingerprint density at radius 2 is 1.95 bits per heavy atom. The third kappa shape index (κ3) is 2.91. The van der Waals surface area contributed by atoms with E-state index in [0.717, 1.165) is 16.1 Å². The van der Waals surface area contributed by atoms with Crippen molar-refractivity contribution in [1.29, 1.82) is 0 Å². The largest absolute Gasteiger partial charge is 0.241 e. The molecule has 0 bridgehead atoms. The van der Waals surface area contributed by atoms with Gasteiger partial charge in [0, 0.05) is 12.0 Å². The first-order valence-electron chi connectivity index (χ1n) is 5.57. The molecule has 3 aromatic rings. The molecule has 0 aliphatic carbocycles. The summed E-state index contributed by atoms with van der Waals surface area (Å²) >= 11 is 21.5. The molecule has 0 radical (unpaired) electrons. The van der Waals surface area contributed by atoms with Crippen molar-refractivity contribution in [2.24, 2.45) is 0 Å². The number of thiazole rings is 1. The van der Waals surface area contributed by atoms with E-state index < -0.39 is 0 Å². The number of benzene rings is 1.